The van der Waals surface area contributed by atoms with Crippen molar-refractivity contribution >= 4 is 28.2 Å². The summed E-state index contributed by atoms with van der Waals surface area (Å²) in [4.78, 5) is 8.21. The van der Waals surface area contributed by atoms with Gasteiger partial charge in [-0.1, -0.05) is 29.8 Å². The van der Waals surface area contributed by atoms with E-state index in [2.05, 4.69) is 15.3 Å². The first kappa shape index (κ1) is 20.0. The van der Waals surface area contributed by atoms with Crippen molar-refractivity contribution in [3.05, 3.63) is 94.9 Å². The van der Waals surface area contributed by atoms with Crippen molar-refractivity contribution in [3.63, 3.8) is 0 Å². The number of phenols is 1. The maximum absolute atomic E-state index is 13.2. The molecule has 152 valence electrons. The minimum absolute atomic E-state index is 0.0643. The maximum atomic E-state index is 13.2. The van der Waals surface area contributed by atoms with E-state index < -0.39 is 17.8 Å². The average Bonchev–Trinajstić information content (AvgIpc) is 2.74. The lowest BCUT2D eigenvalue weighted by molar-refractivity contribution is -0.137. The molecule has 1 atom stereocenters. The third-order valence-electron chi connectivity index (χ3n) is 4.72. The van der Waals surface area contributed by atoms with Crippen LogP contribution in [-0.4, -0.2) is 15.1 Å². The van der Waals surface area contributed by atoms with Crippen molar-refractivity contribution < 1.29 is 18.3 Å². The molecule has 2 aromatic carbocycles. The van der Waals surface area contributed by atoms with Crippen LogP contribution in [0, 0.1) is 0 Å². The molecule has 0 amide bonds. The van der Waals surface area contributed by atoms with Crippen LogP contribution in [-0.2, 0) is 6.18 Å². The second kappa shape index (κ2) is 7.84. The molecule has 0 saturated carbocycles. The number of nitrogens with one attached hydrogen (secondary N) is 1. The van der Waals surface area contributed by atoms with E-state index in [1.807, 2.05) is 6.07 Å². The molecular formula is C22H15ClF3N3O. The smallest absolute Gasteiger partial charge is 0.416 e. The molecule has 0 spiro atoms. The Labute approximate surface area is 175 Å². The quantitative estimate of drug-likeness (QED) is 0.405. The van der Waals surface area contributed by atoms with Crippen LogP contribution in [0.1, 0.15) is 22.7 Å². The lowest BCUT2D eigenvalue weighted by Crippen LogP contribution is -2.14. The van der Waals surface area contributed by atoms with Gasteiger partial charge in [-0.05, 0) is 42.0 Å². The van der Waals surface area contributed by atoms with Crippen LogP contribution in [0.25, 0.3) is 10.9 Å². The summed E-state index contributed by atoms with van der Waals surface area (Å²) < 4.78 is 39.6. The number of benzene rings is 2. The molecule has 0 aliphatic carbocycles. The van der Waals surface area contributed by atoms with Gasteiger partial charge in [0, 0.05) is 29.5 Å². The normalized spacial score (nSPS) is 12.7. The molecule has 4 rings (SSSR count). The zero-order valence-corrected chi connectivity index (χ0v) is 16.1. The summed E-state index contributed by atoms with van der Waals surface area (Å²) in [7, 11) is 0. The van der Waals surface area contributed by atoms with E-state index in [0.29, 0.717) is 16.6 Å². The van der Waals surface area contributed by atoms with Crippen molar-refractivity contribution in [2.75, 3.05) is 5.32 Å². The molecular weight excluding hydrogens is 415 g/mol. The van der Waals surface area contributed by atoms with E-state index in [9.17, 15) is 18.3 Å². The predicted molar refractivity (Wildman–Crippen MR) is 110 cm³/mol. The molecule has 0 aliphatic rings. The van der Waals surface area contributed by atoms with Gasteiger partial charge in [-0.25, -0.2) is 0 Å². The van der Waals surface area contributed by atoms with Gasteiger partial charge in [0.25, 0.3) is 0 Å². The highest BCUT2D eigenvalue weighted by Crippen LogP contribution is 2.39. The van der Waals surface area contributed by atoms with Crippen LogP contribution in [0.4, 0.5) is 18.9 Å². The highest BCUT2D eigenvalue weighted by atomic mass is 35.5. The highest BCUT2D eigenvalue weighted by molar-refractivity contribution is 6.33. The molecule has 2 heterocycles. The summed E-state index contributed by atoms with van der Waals surface area (Å²) in [6, 6.07) is 12.9. The SMILES string of the molecule is Oc1c(C(Nc2cc(C(F)(F)F)ccc2Cl)c2ccncc2)ccc2cccnc12. The number of rotatable bonds is 4. The van der Waals surface area contributed by atoms with Crippen molar-refractivity contribution in [1.82, 2.24) is 9.97 Å². The van der Waals surface area contributed by atoms with Gasteiger partial charge in [0.15, 0.2) is 0 Å². The first-order chi connectivity index (χ1) is 14.3. The zero-order valence-electron chi connectivity index (χ0n) is 15.4. The van der Waals surface area contributed by atoms with Crippen LogP contribution in [0.5, 0.6) is 5.75 Å². The number of hydrogen-bond donors (Lipinski definition) is 2. The second-order valence-corrected chi connectivity index (χ2v) is 7.04. The second-order valence-electron chi connectivity index (χ2n) is 6.63. The van der Waals surface area contributed by atoms with Gasteiger partial charge < -0.3 is 10.4 Å². The third kappa shape index (κ3) is 3.89. The van der Waals surface area contributed by atoms with Crippen molar-refractivity contribution in [1.29, 1.82) is 0 Å². The fraction of sp³-hybridized carbons (Fsp3) is 0.0909. The summed E-state index contributed by atoms with van der Waals surface area (Å²) >= 11 is 6.18. The van der Waals surface area contributed by atoms with Gasteiger partial charge in [0.2, 0.25) is 0 Å². The molecule has 2 N–H and O–H groups in total. The molecule has 0 saturated heterocycles. The largest absolute Gasteiger partial charge is 0.505 e. The van der Waals surface area contributed by atoms with Crippen LogP contribution in [0.15, 0.2) is 73.2 Å². The molecule has 0 radical (unpaired) electrons. The molecule has 8 heteroatoms. The molecule has 0 fully saturated rings. The van der Waals surface area contributed by atoms with Crippen LogP contribution >= 0.6 is 11.6 Å². The Hall–Kier alpha value is -3.32. The van der Waals surface area contributed by atoms with Crippen molar-refractivity contribution in [2.24, 2.45) is 0 Å². The van der Waals surface area contributed by atoms with Crippen molar-refractivity contribution in [3.8, 4) is 5.75 Å². The van der Waals surface area contributed by atoms with Crippen LogP contribution in [0.2, 0.25) is 5.02 Å². The summed E-state index contributed by atoms with van der Waals surface area (Å²) in [5.74, 6) is -0.0643. The molecule has 4 aromatic rings. The Morgan fingerprint density at radius 1 is 0.967 bits per heavy atom. The Morgan fingerprint density at radius 3 is 2.47 bits per heavy atom. The molecule has 1 unspecified atom stereocenters. The van der Waals surface area contributed by atoms with Gasteiger partial charge in [0.05, 0.1) is 22.3 Å². The fourth-order valence-corrected chi connectivity index (χ4v) is 3.41. The Morgan fingerprint density at radius 2 is 1.73 bits per heavy atom. The first-order valence-electron chi connectivity index (χ1n) is 8.94. The minimum atomic E-state index is -4.51. The lowest BCUT2D eigenvalue weighted by atomic mass is 9.96. The van der Waals surface area contributed by atoms with Gasteiger partial charge in [-0.3, -0.25) is 9.97 Å². The maximum Gasteiger partial charge on any atom is 0.416 e. The molecule has 2 aromatic heterocycles. The highest BCUT2D eigenvalue weighted by Gasteiger charge is 2.31. The number of phenolic OH excluding ortho intramolecular Hbond substituents is 1. The topological polar surface area (TPSA) is 58.0 Å². The number of halogens is 4. The summed E-state index contributed by atoms with van der Waals surface area (Å²) in [6.07, 6.45) is 0.175. The first-order valence-corrected chi connectivity index (χ1v) is 9.32. The number of aromatic hydroxyl groups is 1. The van der Waals surface area contributed by atoms with Gasteiger partial charge in [-0.2, -0.15) is 13.2 Å². The fourth-order valence-electron chi connectivity index (χ4n) is 3.24. The third-order valence-corrected chi connectivity index (χ3v) is 5.05. The van der Waals surface area contributed by atoms with E-state index in [4.69, 9.17) is 11.6 Å². The Bertz CT molecular complexity index is 1200. The number of pyridine rings is 2. The van der Waals surface area contributed by atoms with E-state index >= 15 is 0 Å². The number of anilines is 1. The van der Waals surface area contributed by atoms with E-state index in [1.54, 1.807) is 48.9 Å². The Balaban J connectivity index is 1.85. The Kier molecular flexibility index (Phi) is 5.22. The summed E-state index contributed by atoms with van der Waals surface area (Å²) in [5.41, 5.74) is 0.789. The van der Waals surface area contributed by atoms with E-state index in [-0.39, 0.29) is 16.5 Å². The zero-order chi connectivity index (χ0) is 21.3. The number of nitrogens with zero attached hydrogens (tertiary/aromatic N) is 2. The van der Waals surface area contributed by atoms with E-state index in [1.165, 1.54) is 6.07 Å². The van der Waals surface area contributed by atoms with Gasteiger partial charge in [-0.15, -0.1) is 0 Å². The molecule has 4 nitrogen and oxygen atoms in total. The summed E-state index contributed by atoms with van der Waals surface area (Å²) in [5, 5.41) is 14.8. The predicted octanol–water partition coefficient (Wildman–Crippen LogP) is 6.21. The van der Waals surface area contributed by atoms with Gasteiger partial charge in [0.1, 0.15) is 11.3 Å². The lowest BCUT2D eigenvalue weighted by Gasteiger charge is -2.23. The summed E-state index contributed by atoms with van der Waals surface area (Å²) in [6.45, 7) is 0. The van der Waals surface area contributed by atoms with Crippen LogP contribution < -0.4 is 5.32 Å². The number of aromatic nitrogens is 2. The molecule has 0 bridgehead atoms. The minimum Gasteiger partial charge on any atom is -0.505 e. The van der Waals surface area contributed by atoms with Crippen molar-refractivity contribution in [2.45, 2.75) is 12.2 Å². The van der Waals surface area contributed by atoms with Crippen LogP contribution in [0.3, 0.4) is 0 Å². The van der Waals surface area contributed by atoms with Gasteiger partial charge >= 0.3 is 6.18 Å². The number of alkyl halides is 3. The number of hydrogen-bond acceptors (Lipinski definition) is 4. The number of fused-ring (bicyclic) bond motifs is 1. The molecule has 0 aliphatic heterocycles. The monoisotopic (exact) mass is 429 g/mol. The molecule has 30 heavy (non-hydrogen) atoms. The van der Waals surface area contributed by atoms with E-state index in [0.717, 1.165) is 17.5 Å². The standard InChI is InChI=1S/C22H15ClF3N3O/c23-17-6-4-15(22(24,25)26)12-18(17)29-19(14-7-10-27-11-8-14)16-5-3-13-2-1-9-28-20(13)21(16)30/h1-12,19,29-30H. The average molecular weight is 430 g/mol.